The summed E-state index contributed by atoms with van der Waals surface area (Å²) in [4.78, 5) is 4.55. The van der Waals surface area contributed by atoms with Gasteiger partial charge in [0.25, 0.3) is 0 Å². The van der Waals surface area contributed by atoms with E-state index >= 15 is 0 Å². The number of para-hydroxylation sites is 1. The van der Waals surface area contributed by atoms with Crippen LogP contribution in [0, 0.1) is 0 Å². The summed E-state index contributed by atoms with van der Waals surface area (Å²) in [5, 5.41) is 6.53. The van der Waals surface area contributed by atoms with Gasteiger partial charge in [-0.25, -0.2) is 4.99 Å². The molecule has 0 amide bonds. The van der Waals surface area contributed by atoms with Crippen LogP contribution in [-0.4, -0.2) is 38.9 Å². The summed E-state index contributed by atoms with van der Waals surface area (Å²) < 4.78 is 17.1. The van der Waals surface area contributed by atoms with Crippen LogP contribution in [0.4, 0.5) is 5.69 Å². The SMILES string of the molecule is CCNC(=NCCOc1ccccc1)Nc1ccc2c(c1)OCCCO2.I. The molecule has 0 radical (unpaired) electrons. The molecule has 1 aliphatic rings. The number of hydrogen-bond donors (Lipinski definition) is 2. The van der Waals surface area contributed by atoms with E-state index in [9.17, 15) is 0 Å². The number of nitrogens with one attached hydrogen (secondary N) is 2. The van der Waals surface area contributed by atoms with E-state index in [0.29, 0.717) is 32.3 Å². The van der Waals surface area contributed by atoms with Crippen LogP contribution in [0.25, 0.3) is 0 Å². The molecule has 0 unspecified atom stereocenters. The van der Waals surface area contributed by atoms with Crippen LogP contribution in [0.5, 0.6) is 17.2 Å². The van der Waals surface area contributed by atoms with Crippen LogP contribution in [0.1, 0.15) is 13.3 Å². The minimum Gasteiger partial charge on any atom is -0.492 e. The molecule has 0 saturated heterocycles. The lowest BCUT2D eigenvalue weighted by Gasteiger charge is -2.14. The van der Waals surface area contributed by atoms with Crippen LogP contribution in [-0.2, 0) is 0 Å². The maximum atomic E-state index is 5.73. The highest BCUT2D eigenvalue weighted by atomic mass is 127. The average molecular weight is 483 g/mol. The van der Waals surface area contributed by atoms with Crippen molar-refractivity contribution >= 4 is 35.6 Å². The van der Waals surface area contributed by atoms with E-state index < -0.39 is 0 Å². The van der Waals surface area contributed by atoms with Crippen LogP contribution < -0.4 is 24.8 Å². The highest BCUT2D eigenvalue weighted by Crippen LogP contribution is 2.32. The number of halogens is 1. The molecule has 1 aliphatic heterocycles. The van der Waals surface area contributed by atoms with Gasteiger partial charge in [-0.1, -0.05) is 18.2 Å². The first kappa shape index (κ1) is 21.1. The quantitative estimate of drug-likeness (QED) is 0.282. The zero-order valence-electron chi connectivity index (χ0n) is 15.4. The number of guanidine groups is 1. The summed E-state index contributed by atoms with van der Waals surface area (Å²) in [7, 11) is 0. The molecule has 7 heteroatoms. The molecule has 0 spiro atoms. The average Bonchev–Trinajstić information content (AvgIpc) is 2.91. The van der Waals surface area contributed by atoms with Gasteiger partial charge in [0.1, 0.15) is 12.4 Å². The van der Waals surface area contributed by atoms with Gasteiger partial charge in [-0.05, 0) is 31.2 Å². The van der Waals surface area contributed by atoms with E-state index in [4.69, 9.17) is 14.2 Å². The predicted molar refractivity (Wildman–Crippen MR) is 119 cm³/mol. The Morgan fingerprint density at radius 3 is 2.63 bits per heavy atom. The smallest absolute Gasteiger partial charge is 0.195 e. The fraction of sp³-hybridized carbons (Fsp3) is 0.350. The van der Waals surface area contributed by atoms with E-state index in [1.807, 2.05) is 55.5 Å². The molecule has 1 heterocycles. The maximum Gasteiger partial charge on any atom is 0.195 e. The van der Waals surface area contributed by atoms with Crippen molar-refractivity contribution < 1.29 is 14.2 Å². The molecule has 0 bridgehead atoms. The second-order valence-electron chi connectivity index (χ2n) is 5.76. The molecule has 27 heavy (non-hydrogen) atoms. The van der Waals surface area contributed by atoms with Gasteiger partial charge in [-0.15, -0.1) is 24.0 Å². The summed E-state index contributed by atoms with van der Waals surface area (Å²) in [5.41, 5.74) is 0.901. The highest BCUT2D eigenvalue weighted by Gasteiger charge is 2.11. The van der Waals surface area contributed by atoms with Gasteiger partial charge in [-0.2, -0.15) is 0 Å². The summed E-state index contributed by atoms with van der Waals surface area (Å²) in [5.74, 6) is 3.10. The van der Waals surface area contributed by atoms with Crippen LogP contribution in [0.2, 0.25) is 0 Å². The first-order chi connectivity index (χ1) is 12.8. The third-order valence-electron chi connectivity index (χ3n) is 3.73. The second kappa shape index (κ2) is 11.5. The number of anilines is 1. The number of hydrogen-bond acceptors (Lipinski definition) is 4. The first-order valence-electron chi connectivity index (χ1n) is 8.98. The number of nitrogens with zero attached hydrogens (tertiary/aromatic N) is 1. The van der Waals surface area contributed by atoms with Crippen molar-refractivity contribution in [2.45, 2.75) is 13.3 Å². The fourth-order valence-corrected chi connectivity index (χ4v) is 2.52. The predicted octanol–water partition coefficient (Wildman–Crippen LogP) is 3.92. The fourth-order valence-electron chi connectivity index (χ4n) is 2.52. The van der Waals surface area contributed by atoms with Crippen LogP contribution >= 0.6 is 24.0 Å². The lowest BCUT2D eigenvalue weighted by molar-refractivity contribution is 0.297. The molecule has 0 aromatic heterocycles. The molecule has 0 aliphatic carbocycles. The molecule has 146 valence electrons. The second-order valence-corrected chi connectivity index (χ2v) is 5.76. The van der Waals surface area contributed by atoms with Crippen molar-refractivity contribution in [3.05, 3.63) is 48.5 Å². The zero-order valence-corrected chi connectivity index (χ0v) is 17.8. The number of ether oxygens (including phenoxy) is 3. The van der Waals surface area contributed by atoms with Gasteiger partial charge in [-0.3, -0.25) is 0 Å². The van der Waals surface area contributed by atoms with Crippen LogP contribution in [0.15, 0.2) is 53.5 Å². The van der Waals surface area contributed by atoms with E-state index in [1.165, 1.54) is 0 Å². The molecule has 3 rings (SSSR count). The van der Waals surface area contributed by atoms with Gasteiger partial charge in [0.2, 0.25) is 0 Å². The monoisotopic (exact) mass is 483 g/mol. The van der Waals surface area contributed by atoms with Crippen molar-refractivity contribution in [3.63, 3.8) is 0 Å². The lowest BCUT2D eigenvalue weighted by atomic mass is 10.3. The number of aliphatic imine (C=N–C) groups is 1. The molecule has 2 N–H and O–H groups in total. The third-order valence-corrected chi connectivity index (χ3v) is 3.73. The minimum atomic E-state index is 0. The van der Waals surface area contributed by atoms with Crippen molar-refractivity contribution in [1.82, 2.24) is 5.32 Å². The molecule has 2 aromatic carbocycles. The van der Waals surface area contributed by atoms with E-state index in [-0.39, 0.29) is 24.0 Å². The Hall–Kier alpha value is -2.16. The van der Waals surface area contributed by atoms with Crippen LogP contribution in [0.3, 0.4) is 0 Å². The van der Waals surface area contributed by atoms with Crippen molar-refractivity contribution in [2.24, 2.45) is 4.99 Å². The summed E-state index contributed by atoms with van der Waals surface area (Å²) >= 11 is 0. The zero-order chi connectivity index (χ0) is 18.0. The molecular formula is C20H26IN3O3. The third kappa shape index (κ3) is 6.82. The standard InChI is InChI=1S/C20H25N3O3.HI/c1-2-21-20(22-11-14-24-17-7-4-3-5-8-17)23-16-9-10-18-19(15-16)26-13-6-12-25-18;/h3-5,7-10,15H,2,6,11-14H2,1H3,(H2,21,22,23);1H. The molecule has 6 nitrogen and oxygen atoms in total. The topological polar surface area (TPSA) is 64.1 Å². The van der Waals surface area contributed by atoms with E-state index in [2.05, 4.69) is 15.6 Å². The Bertz CT molecular complexity index is 726. The van der Waals surface area contributed by atoms with Crippen molar-refractivity contribution in [2.75, 3.05) is 38.2 Å². The Kier molecular flexibility index (Phi) is 9.03. The Labute approximate surface area is 177 Å². The Balaban J connectivity index is 0.00000261. The van der Waals surface area contributed by atoms with E-state index in [1.54, 1.807) is 0 Å². The molecule has 2 aromatic rings. The number of fused-ring (bicyclic) bond motifs is 1. The van der Waals surface area contributed by atoms with Crippen molar-refractivity contribution in [3.8, 4) is 17.2 Å². The van der Waals surface area contributed by atoms with Gasteiger partial charge in [0, 0.05) is 24.7 Å². The Morgan fingerprint density at radius 1 is 1.07 bits per heavy atom. The molecule has 0 saturated carbocycles. The highest BCUT2D eigenvalue weighted by molar-refractivity contribution is 14.0. The first-order valence-corrected chi connectivity index (χ1v) is 8.98. The largest absolute Gasteiger partial charge is 0.492 e. The molecular weight excluding hydrogens is 457 g/mol. The minimum absolute atomic E-state index is 0. The normalized spacial score (nSPS) is 13.1. The lowest BCUT2D eigenvalue weighted by Crippen LogP contribution is -2.31. The summed E-state index contributed by atoms with van der Waals surface area (Å²) in [6.07, 6.45) is 0.892. The number of benzene rings is 2. The van der Waals surface area contributed by atoms with Gasteiger partial charge in [0.05, 0.1) is 19.8 Å². The van der Waals surface area contributed by atoms with Gasteiger partial charge in [0.15, 0.2) is 17.5 Å². The van der Waals surface area contributed by atoms with Gasteiger partial charge < -0.3 is 24.8 Å². The van der Waals surface area contributed by atoms with Gasteiger partial charge >= 0.3 is 0 Å². The number of rotatable bonds is 6. The van der Waals surface area contributed by atoms with Crippen molar-refractivity contribution in [1.29, 1.82) is 0 Å². The summed E-state index contributed by atoms with van der Waals surface area (Å²) in [6, 6.07) is 15.6. The molecule has 0 atom stereocenters. The summed E-state index contributed by atoms with van der Waals surface area (Å²) in [6.45, 7) is 5.23. The molecule has 0 fully saturated rings. The maximum absolute atomic E-state index is 5.73. The van der Waals surface area contributed by atoms with E-state index in [0.717, 1.165) is 35.9 Å². The Morgan fingerprint density at radius 2 is 1.85 bits per heavy atom.